The molecule has 2 N–H and O–H groups in total. The van der Waals surface area contributed by atoms with Crippen molar-refractivity contribution in [2.45, 2.75) is 139 Å². The number of halogens is 4. The first-order chi connectivity index (χ1) is 21.9. The summed E-state index contributed by atoms with van der Waals surface area (Å²) in [5, 5.41) is 0. The van der Waals surface area contributed by atoms with E-state index in [0.29, 0.717) is 6.42 Å². The summed E-state index contributed by atoms with van der Waals surface area (Å²) in [4.78, 5) is 64.0. The number of carbonyl (C=O) groups excluding carboxylic acids is 5. The van der Waals surface area contributed by atoms with E-state index in [4.69, 9.17) is 29.4 Å². The Hall–Kier alpha value is -2.65. The monoisotopic (exact) mass is 715 g/mol. The third-order valence-corrected chi connectivity index (χ3v) is 9.11. The molecule has 6 atom stereocenters. The standard InChI is InChI=1S/C34H57F4NO10/c1-14-28(6,7)26(43)46-19-31(11,27(44)45-18-30(10,15-2)16-32(12,17-35)34(36,37)38)20-47-29(8,9)24(41)21(3)48-25(42)22(4)49-33(13,39)23(5)40/h21-22H,14-20,39H2,1-13H3. The first-order valence-electron chi connectivity index (χ1n) is 16.2. The molecule has 286 valence electrons. The summed E-state index contributed by atoms with van der Waals surface area (Å²) in [5.41, 5.74) is -4.37. The molecule has 0 aliphatic carbocycles. The van der Waals surface area contributed by atoms with Gasteiger partial charge in [-0.3, -0.25) is 29.3 Å². The maximum atomic E-state index is 13.7. The minimum Gasteiger partial charge on any atom is -0.465 e. The maximum Gasteiger partial charge on any atom is 0.396 e. The number of hydrogen-bond acceptors (Lipinski definition) is 11. The van der Waals surface area contributed by atoms with E-state index in [1.807, 2.05) is 0 Å². The molecule has 11 nitrogen and oxygen atoms in total. The van der Waals surface area contributed by atoms with Crippen molar-refractivity contribution in [2.75, 3.05) is 26.5 Å². The summed E-state index contributed by atoms with van der Waals surface area (Å²) < 4.78 is 82.1. The summed E-state index contributed by atoms with van der Waals surface area (Å²) in [7, 11) is 0. The van der Waals surface area contributed by atoms with Crippen LogP contribution in [0.4, 0.5) is 17.6 Å². The minimum atomic E-state index is -4.85. The first-order valence-corrected chi connectivity index (χ1v) is 16.2. The number of Topliss-reactive ketones (excluding diaryl/α,β-unsaturated/α-hetero) is 2. The van der Waals surface area contributed by atoms with Gasteiger partial charge in [-0.2, -0.15) is 13.2 Å². The molecule has 0 aliphatic heterocycles. The molecule has 0 amide bonds. The van der Waals surface area contributed by atoms with Crippen LogP contribution in [0.25, 0.3) is 0 Å². The van der Waals surface area contributed by atoms with Gasteiger partial charge in [0.15, 0.2) is 23.7 Å². The van der Waals surface area contributed by atoms with Crippen LogP contribution in [-0.2, 0) is 47.7 Å². The van der Waals surface area contributed by atoms with Crippen molar-refractivity contribution in [3.63, 3.8) is 0 Å². The summed E-state index contributed by atoms with van der Waals surface area (Å²) in [5.74, 6) is -3.89. The first kappa shape index (κ1) is 46.4. The smallest absolute Gasteiger partial charge is 0.396 e. The van der Waals surface area contributed by atoms with E-state index in [1.165, 1.54) is 55.4 Å². The average molecular weight is 716 g/mol. The third kappa shape index (κ3) is 12.9. The van der Waals surface area contributed by atoms with Gasteiger partial charge in [0.2, 0.25) is 5.78 Å². The summed E-state index contributed by atoms with van der Waals surface area (Å²) >= 11 is 0. The van der Waals surface area contributed by atoms with Crippen molar-refractivity contribution in [2.24, 2.45) is 27.4 Å². The predicted octanol–water partition coefficient (Wildman–Crippen LogP) is 5.82. The van der Waals surface area contributed by atoms with Crippen LogP contribution in [0.1, 0.15) is 109 Å². The second-order valence-electron chi connectivity index (χ2n) is 15.1. The average Bonchev–Trinajstić information content (AvgIpc) is 2.99. The van der Waals surface area contributed by atoms with Crippen molar-refractivity contribution < 1.29 is 65.2 Å². The van der Waals surface area contributed by atoms with Gasteiger partial charge in [0.1, 0.15) is 24.3 Å². The Kier molecular flexibility index (Phi) is 16.1. The number of rotatable bonds is 21. The van der Waals surface area contributed by atoms with E-state index in [9.17, 15) is 41.5 Å². The second kappa shape index (κ2) is 17.0. The lowest BCUT2D eigenvalue weighted by atomic mass is 9.72. The molecular formula is C34H57F4NO10. The highest BCUT2D eigenvalue weighted by atomic mass is 19.4. The van der Waals surface area contributed by atoms with Gasteiger partial charge in [0.05, 0.1) is 24.0 Å². The van der Waals surface area contributed by atoms with Crippen LogP contribution in [-0.4, -0.2) is 85.7 Å². The fraction of sp³-hybridized carbons (Fsp3) is 0.853. The van der Waals surface area contributed by atoms with Crippen LogP contribution in [0.3, 0.4) is 0 Å². The Labute approximate surface area is 287 Å². The summed E-state index contributed by atoms with van der Waals surface area (Å²) in [6, 6.07) is 0. The molecular weight excluding hydrogens is 658 g/mol. The molecule has 49 heavy (non-hydrogen) atoms. The number of carbonyl (C=O) groups is 5. The molecule has 0 aliphatic rings. The number of ether oxygens (including phenoxy) is 5. The Balaban J connectivity index is 6.08. The van der Waals surface area contributed by atoms with E-state index in [-0.39, 0.29) is 6.42 Å². The number of hydrogen-bond donors (Lipinski definition) is 1. The summed E-state index contributed by atoms with van der Waals surface area (Å²) in [6.07, 6.45) is -7.70. The highest BCUT2D eigenvalue weighted by Crippen LogP contribution is 2.47. The molecule has 0 radical (unpaired) electrons. The van der Waals surface area contributed by atoms with Crippen molar-refractivity contribution >= 4 is 29.5 Å². The molecule has 0 aromatic heterocycles. The van der Waals surface area contributed by atoms with Crippen LogP contribution < -0.4 is 5.73 Å². The molecule has 6 unspecified atom stereocenters. The van der Waals surface area contributed by atoms with Gasteiger partial charge in [0.25, 0.3) is 0 Å². The van der Waals surface area contributed by atoms with Crippen molar-refractivity contribution in [3.05, 3.63) is 0 Å². The molecule has 0 saturated carbocycles. The molecule has 0 saturated heterocycles. The normalized spacial score (nSPS) is 18.8. The van der Waals surface area contributed by atoms with Gasteiger partial charge in [-0.15, -0.1) is 0 Å². The zero-order valence-electron chi connectivity index (χ0n) is 31.3. The van der Waals surface area contributed by atoms with Crippen LogP contribution in [0, 0.1) is 21.7 Å². The van der Waals surface area contributed by atoms with Gasteiger partial charge in [-0.05, 0) is 88.5 Å². The fourth-order valence-electron chi connectivity index (χ4n) is 4.30. The van der Waals surface area contributed by atoms with Gasteiger partial charge >= 0.3 is 24.1 Å². The Morgan fingerprint density at radius 1 is 0.755 bits per heavy atom. The van der Waals surface area contributed by atoms with E-state index in [0.717, 1.165) is 6.92 Å². The zero-order chi connectivity index (χ0) is 39.0. The van der Waals surface area contributed by atoms with E-state index in [1.54, 1.807) is 27.7 Å². The molecule has 15 heteroatoms. The lowest BCUT2D eigenvalue weighted by Crippen LogP contribution is -2.51. The highest BCUT2D eigenvalue weighted by molar-refractivity contribution is 5.92. The van der Waals surface area contributed by atoms with Gasteiger partial charge in [-0.25, -0.2) is 4.79 Å². The van der Waals surface area contributed by atoms with E-state index in [2.05, 4.69) is 0 Å². The molecule has 0 heterocycles. The Morgan fingerprint density at radius 2 is 1.27 bits per heavy atom. The van der Waals surface area contributed by atoms with Gasteiger partial charge in [0, 0.05) is 5.41 Å². The number of esters is 3. The lowest BCUT2D eigenvalue weighted by Gasteiger charge is -2.39. The fourth-order valence-corrected chi connectivity index (χ4v) is 4.30. The van der Waals surface area contributed by atoms with E-state index >= 15 is 0 Å². The number of alkyl halides is 4. The Bertz CT molecular complexity index is 1190. The highest BCUT2D eigenvalue weighted by Gasteiger charge is 2.54. The molecule has 0 rings (SSSR count). The van der Waals surface area contributed by atoms with Crippen molar-refractivity contribution in [1.29, 1.82) is 0 Å². The van der Waals surface area contributed by atoms with Crippen LogP contribution in [0.15, 0.2) is 0 Å². The Morgan fingerprint density at radius 3 is 1.69 bits per heavy atom. The van der Waals surface area contributed by atoms with E-state index < -0.39 is 114 Å². The molecule has 0 bridgehead atoms. The molecule has 0 aromatic carbocycles. The quantitative estimate of drug-likeness (QED) is 0.0661. The van der Waals surface area contributed by atoms with Crippen LogP contribution in [0.5, 0.6) is 0 Å². The van der Waals surface area contributed by atoms with Gasteiger partial charge < -0.3 is 23.7 Å². The van der Waals surface area contributed by atoms with Crippen LogP contribution >= 0.6 is 0 Å². The van der Waals surface area contributed by atoms with Gasteiger partial charge in [-0.1, -0.05) is 20.8 Å². The molecule has 0 spiro atoms. The SMILES string of the molecule is CCC(C)(COC(=O)C(C)(COC(=O)C(C)(C)CC)COC(C)(C)C(=O)C(C)OC(=O)C(C)OC(C)(N)C(C)=O)CC(C)(CF)C(F)(F)F. The molecule has 0 fully saturated rings. The minimum absolute atomic E-state index is 0.111. The predicted molar refractivity (Wildman–Crippen MR) is 172 cm³/mol. The lowest BCUT2D eigenvalue weighted by molar-refractivity contribution is -0.235. The maximum absolute atomic E-state index is 13.7. The van der Waals surface area contributed by atoms with Crippen LogP contribution in [0.2, 0.25) is 0 Å². The topological polar surface area (TPSA) is 158 Å². The number of nitrogens with two attached hydrogens (primary N) is 1. The zero-order valence-corrected chi connectivity index (χ0v) is 31.3. The van der Waals surface area contributed by atoms with Crippen molar-refractivity contribution in [1.82, 2.24) is 0 Å². The largest absolute Gasteiger partial charge is 0.465 e. The third-order valence-electron chi connectivity index (χ3n) is 9.11. The molecule has 0 aromatic rings. The second-order valence-corrected chi connectivity index (χ2v) is 15.1. The van der Waals surface area contributed by atoms with Crippen molar-refractivity contribution in [3.8, 4) is 0 Å². The number of ketones is 2. The summed E-state index contributed by atoms with van der Waals surface area (Å²) in [6.45, 7) is 14.6.